The van der Waals surface area contributed by atoms with Crippen LogP contribution in [-0.2, 0) is 16.6 Å². The Balaban J connectivity index is 2.20. The molecule has 0 aliphatic heterocycles. The molecule has 24 heavy (non-hydrogen) atoms. The summed E-state index contributed by atoms with van der Waals surface area (Å²) in [6, 6.07) is 2.02. The molecule has 3 atom stereocenters. The van der Waals surface area contributed by atoms with E-state index < -0.39 is 16.8 Å². The minimum atomic E-state index is -0.774. The van der Waals surface area contributed by atoms with Gasteiger partial charge in [0.15, 0.2) is 11.5 Å². The predicted molar refractivity (Wildman–Crippen MR) is 92.6 cm³/mol. The van der Waals surface area contributed by atoms with E-state index >= 15 is 0 Å². The van der Waals surface area contributed by atoms with Gasteiger partial charge in [-0.05, 0) is 50.0 Å². The molecule has 0 heterocycles. The Labute approximate surface area is 143 Å². The average Bonchev–Trinajstić information content (AvgIpc) is 2.49. The first-order valence-electron chi connectivity index (χ1n) is 8.94. The molecule has 0 aromatic heterocycles. The molecule has 132 valence electrons. The van der Waals surface area contributed by atoms with E-state index in [-0.39, 0.29) is 23.3 Å². The minimum Gasteiger partial charge on any atom is -0.504 e. The number of carboxylic acids is 1. The molecule has 0 radical (unpaired) electrons. The van der Waals surface area contributed by atoms with Gasteiger partial charge >= 0.3 is 5.97 Å². The molecule has 3 unspecified atom stereocenters. The highest BCUT2D eigenvalue weighted by Gasteiger charge is 2.56. The van der Waals surface area contributed by atoms with Gasteiger partial charge in [-0.15, -0.1) is 0 Å². The Kier molecular flexibility index (Phi) is 3.85. The summed E-state index contributed by atoms with van der Waals surface area (Å²) in [5, 5.41) is 31.1. The summed E-state index contributed by atoms with van der Waals surface area (Å²) in [4.78, 5) is 12.0. The van der Waals surface area contributed by atoms with Crippen LogP contribution in [0, 0.1) is 11.3 Å². The van der Waals surface area contributed by atoms with Crippen molar-refractivity contribution in [1.29, 1.82) is 0 Å². The SMILES string of the molecule is CC(C)c1cc2c(c(O)c1O)C1(C)CCCC(C)(C(=O)O)C1CC2. The monoisotopic (exact) mass is 332 g/mol. The summed E-state index contributed by atoms with van der Waals surface area (Å²) in [5.41, 5.74) is 1.44. The predicted octanol–water partition coefficient (Wildman–Crippen LogP) is 4.32. The third kappa shape index (κ3) is 2.15. The van der Waals surface area contributed by atoms with E-state index in [0.29, 0.717) is 6.42 Å². The van der Waals surface area contributed by atoms with Crippen molar-refractivity contribution in [2.24, 2.45) is 11.3 Å². The van der Waals surface area contributed by atoms with Crippen molar-refractivity contribution in [3.63, 3.8) is 0 Å². The third-order valence-electron chi connectivity index (χ3n) is 6.70. The standard InChI is InChI=1S/C20H28O4/c1-11(2)13-10-12-6-7-14-19(3,15(12)17(22)16(13)21)8-5-9-20(14,4)18(23)24/h10-11,14,21-22H,5-9H2,1-4H3,(H,23,24). The summed E-state index contributed by atoms with van der Waals surface area (Å²) in [5.74, 6) is -0.711. The van der Waals surface area contributed by atoms with Gasteiger partial charge in [0.1, 0.15) is 0 Å². The molecule has 1 fully saturated rings. The zero-order valence-electron chi connectivity index (χ0n) is 15.0. The van der Waals surface area contributed by atoms with Crippen LogP contribution in [0.1, 0.15) is 76.0 Å². The number of aliphatic carboxylic acids is 1. The van der Waals surface area contributed by atoms with E-state index in [1.54, 1.807) is 0 Å². The van der Waals surface area contributed by atoms with Crippen molar-refractivity contribution < 1.29 is 20.1 Å². The topological polar surface area (TPSA) is 77.8 Å². The van der Waals surface area contributed by atoms with Gasteiger partial charge in [0, 0.05) is 16.5 Å². The Morgan fingerprint density at radius 1 is 1.21 bits per heavy atom. The van der Waals surface area contributed by atoms with Gasteiger partial charge in [0.05, 0.1) is 5.41 Å². The van der Waals surface area contributed by atoms with E-state index in [9.17, 15) is 20.1 Å². The summed E-state index contributed by atoms with van der Waals surface area (Å²) in [7, 11) is 0. The van der Waals surface area contributed by atoms with E-state index in [1.165, 1.54) is 0 Å². The van der Waals surface area contributed by atoms with Gasteiger partial charge in [-0.25, -0.2) is 0 Å². The molecule has 2 aliphatic rings. The van der Waals surface area contributed by atoms with E-state index in [2.05, 4.69) is 6.92 Å². The van der Waals surface area contributed by atoms with Crippen LogP contribution < -0.4 is 0 Å². The lowest BCUT2D eigenvalue weighted by Crippen LogP contribution is -2.52. The van der Waals surface area contributed by atoms with Crippen LogP contribution in [0.15, 0.2) is 6.07 Å². The van der Waals surface area contributed by atoms with Crippen molar-refractivity contribution in [2.75, 3.05) is 0 Å². The molecule has 3 N–H and O–H groups in total. The Bertz CT molecular complexity index is 693. The van der Waals surface area contributed by atoms with Gasteiger partial charge in [-0.2, -0.15) is 0 Å². The van der Waals surface area contributed by atoms with Crippen LogP contribution in [-0.4, -0.2) is 21.3 Å². The lowest BCUT2D eigenvalue weighted by Gasteiger charge is -2.53. The molecule has 1 saturated carbocycles. The number of benzene rings is 1. The average molecular weight is 332 g/mol. The number of carbonyl (C=O) groups is 1. The Morgan fingerprint density at radius 2 is 1.88 bits per heavy atom. The fourth-order valence-corrected chi connectivity index (χ4v) is 5.38. The molecular formula is C20H28O4. The summed E-state index contributed by atoms with van der Waals surface area (Å²) < 4.78 is 0. The molecule has 1 aromatic carbocycles. The zero-order valence-corrected chi connectivity index (χ0v) is 15.0. The van der Waals surface area contributed by atoms with Gasteiger partial charge < -0.3 is 15.3 Å². The number of aromatic hydroxyl groups is 2. The quantitative estimate of drug-likeness (QED) is 0.705. The largest absolute Gasteiger partial charge is 0.504 e. The van der Waals surface area contributed by atoms with Crippen molar-refractivity contribution >= 4 is 5.97 Å². The molecule has 0 bridgehead atoms. The molecule has 3 rings (SSSR count). The van der Waals surface area contributed by atoms with Gasteiger partial charge in [-0.1, -0.05) is 33.3 Å². The molecule has 0 spiro atoms. The molecule has 1 aromatic rings. The molecule has 0 saturated heterocycles. The first-order valence-corrected chi connectivity index (χ1v) is 8.94. The molecule has 4 heteroatoms. The minimum absolute atomic E-state index is 0.0288. The number of fused-ring (bicyclic) bond motifs is 3. The van der Waals surface area contributed by atoms with Crippen LogP contribution in [0.3, 0.4) is 0 Å². The number of carboxylic acid groups (broad SMARTS) is 1. The first kappa shape index (κ1) is 17.1. The van der Waals surface area contributed by atoms with Gasteiger partial charge in [-0.3, -0.25) is 4.79 Å². The fourth-order valence-electron chi connectivity index (χ4n) is 5.38. The highest BCUT2D eigenvalue weighted by Crippen LogP contribution is 2.60. The van der Waals surface area contributed by atoms with Crippen LogP contribution in [0.25, 0.3) is 0 Å². The van der Waals surface area contributed by atoms with Crippen molar-refractivity contribution in [2.45, 2.75) is 71.1 Å². The van der Waals surface area contributed by atoms with Crippen LogP contribution in [0.5, 0.6) is 11.5 Å². The summed E-state index contributed by atoms with van der Waals surface area (Å²) >= 11 is 0. The molecular weight excluding hydrogens is 304 g/mol. The van der Waals surface area contributed by atoms with Crippen molar-refractivity contribution in [1.82, 2.24) is 0 Å². The van der Waals surface area contributed by atoms with Crippen LogP contribution >= 0.6 is 0 Å². The number of aryl methyl sites for hydroxylation is 1. The van der Waals surface area contributed by atoms with Crippen LogP contribution in [0.2, 0.25) is 0 Å². The second-order valence-electron chi connectivity index (χ2n) is 8.44. The maximum Gasteiger partial charge on any atom is 0.309 e. The third-order valence-corrected chi connectivity index (χ3v) is 6.70. The number of phenolic OH excluding ortho intramolecular Hbond substituents is 2. The lowest BCUT2D eigenvalue weighted by atomic mass is 9.49. The second kappa shape index (κ2) is 5.40. The van der Waals surface area contributed by atoms with Crippen molar-refractivity contribution in [3.05, 3.63) is 22.8 Å². The van der Waals surface area contributed by atoms with E-state index in [0.717, 1.165) is 42.4 Å². The Hall–Kier alpha value is -1.71. The normalized spacial score (nSPS) is 32.3. The van der Waals surface area contributed by atoms with Crippen LogP contribution in [0.4, 0.5) is 0 Å². The maximum absolute atomic E-state index is 12.0. The summed E-state index contributed by atoms with van der Waals surface area (Å²) in [6.07, 6.45) is 3.91. The second-order valence-corrected chi connectivity index (χ2v) is 8.44. The smallest absolute Gasteiger partial charge is 0.309 e. The van der Waals surface area contributed by atoms with Crippen molar-refractivity contribution in [3.8, 4) is 11.5 Å². The molecule has 2 aliphatic carbocycles. The highest BCUT2D eigenvalue weighted by atomic mass is 16.4. The first-order chi connectivity index (χ1) is 11.1. The number of hydrogen-bond donors (Lipinski definition) is 3. The van der Waals surface area contributed by atoms with Gasteiger partial charge in [0.2, 0.25) is 0 Å². The number of rotatable bonds is 2. The van der Waals surface area contributed by atoms with E-state index in [4.69, 9.17) is 0 Å². The number of phenols is 2. The lowest BCUT2D eigenvalue weighted by molar-refractivity contribution is -0.157. The van der Waals surface area contributed by atoms with E-state index in [1.807, 2.05) is 26.8 Å². The number of hydrogen-bond acceptors (Lipinski definition) is 3. The Morgan fingerprint density at radius 3 is 2.46 bits per heavy atom. The molecule has 4 nitrogen and oxygen atoms in total. The highest BCUT2D eigenvalue weighted by molar-refractivity contribution is 5.75. The molecule has 0 amide bonds. The van der Waals surface area contributed by atoms with Gasteiger partial charge in [0.25, 0.3) is 0 Å². The summed E-state index contributed by atoms with van der Waals surface area (Å²) in [6.45, 7) is 7.92. The maximum atomic E-state index is 12.0. The fraction of sp³-hybridized carbons (Fsp3) is 0.650. The zero-order chi connectivity index (χ0) is 17.9.